The van der Waals surface area contributed by atoms with Crippen LogP contribution in [0.1, 0.15) is 40.8 Å². The minimum Gasteiger partial charge on any atom is -0.338 e. The van der Waals surface area contributed by atoms with Crippen molar-refractivity contribution in [3.05, 3.63) is 34.0 Å². The van der Waals surface area contributed by atoms with E-state index in [1.807, 2.05) is 42.9 Å². The molecule has 0 spiro atoms. The molecule has 1 unspecified atom stereocenters. The highest BCUT2D eigenvalue weighted by molar-refractivity contribution is 7.08. The maximum atomic E-state index is 12.6. The molecule has 0 radical (unpaired) electrons. The van der Waals surface area contributed by atoms with Crippen molar-refractivity contribution in [2.24, 2.45) is 7.05 Å². The highest BCUT2D eigenvalue weighted by Crippen LogP contribution is 2.27. The minimum atomic E-state index is 0.131. The molecular formula is C16H23N5OS. The largest absolute Gasteiger partial charge is 0.338 e. The van der Waals surface area contributed by atoms with E-state index in [1.165, 1.54) is 0 Å². The number of likely N-dealkylation sites (tertiary alicyclic amines) is 1. The van der Waals surface area contributed by atoms with Gasteiger partial charge < -0.3 is 14.4 Å². The van der Waals surface area contributed by atoms with E-state index in [9.17, 15) is 4.79 Å². The van der Waals surface area contributed by atoms with Gasteiger partial charge in [-0.3, -0.25) is 4.79 Å². The fourth-order valence-corrected chi connectivity index (χ4v) is 3.72. The molecular weight excluding hydrogens is 310 g/mol. The number of carbonyl (C=O) groups is 1. The molecule has 1 aliphatic rings. The summed E-state index contributed by atoms with van der Waals surface area (Å²) < 4.78 is 2.09. The van der Waals surface area contributed by atoms with Crippen molar-refractivity contribution in [2.75, 3.05) is 27.2 Å². The molecule has 1 aliphatic heterocycles. The van der Waals surface area contributed by atoms with Gasteiger partial charge in [-0.1, -0.05) is 0 Å². The second kappa shape index (κ2) is 6.80. The highest BCUT2D eigenvalue weighted by Gasteiger charge is 2.29. The molecule has 1 saturated heterocycles. The van der Waals surface area contributed by atoms with Gasteiger partial charge in [0, 0.05) is 31.4 Å². The summed E-state index contributed by atoms with van der Waals surface area (Å²) in [6.07, 6.45) is 2.07. The van der Waals surface area contributed by atoms with E-state index in [4.69, 9.17) is 0 Å². The molecule has 0 saturated carbocycles. The third-order valence-corrected chi connectivity index (χ3v) is 4.98. The number of aromatic nitrogens is 3. The van der Waals surface area contributed by atoms with Gasteiger partial charge in [-0.05, 0) is 38.4 Å². The molecule has 0 aliphatic carbocycles. The topological polar surface area (TPSA) is 54.3 Å². The molecule has 3 heterocycles. The van der Waals surface area contributed by atoms with Crippen LogP contribution in [0.2, 0.25) is 0 Å². The van der Waals surface area contributed by atoms with Gasteiger partial charge in [0.2, 0.25) is 0 Å². The summed E-state index contributed by atoms with van der Waals surface area (Å²) in [6.45, 7) is 2.32. The van der Waals surface area contributed by atoms with Crippen LogP contribution in [0.15, 0.2) is 16.8 Å². The Bertz CT molecular complexity index is 664. The van der Waals surface area contributed by atoms with Gasteiger partial charge in [0.1, 0.15) is 11.6 Å². The summed E-state index contributed by atoms with van der Waals surface area (Å²) >= 11 is 1.56. The van der Waals surface area contributed by atoms with Crippen LogP contribution < -0.4 is 0 Å². The van der Waals surface area contributed by atoms with Crippen LogP contribution in [-0.4, -0.2) is 57.7 Å². The van der Waals surface area contributed by atoms with Gasteiger partial charge in [-0.2, -0.15) is 11.3 Å². The molecule has 3 rings (SSSR count). The Morgan fingerprint density at radius 2 is 2.26 bits per heavy atom. The van der Waals surface area contributed by atoms with E-state index >= 15 is 0 Å². The number of carbonyl (C=O) groups excluding carboxylic acids is 1. The zero-order valence-electron chi connectivity index (χ0n) is 13.9. The number of amides is 1. The van der Waals surface area contributed by atoms with Crippen molar-refractivity contribution in [1.82, 2.24) is 24.6 Å². The first-order valence-electron chi connectivity index (χ1n) is 7.90. The molecule has 23 heavy (non-hydrogen) atoms. The number of thiophene rings is 1. The third kappa shape index (κ3) is 3.45. The maximum absolute atomic E-state index is 12.6. The number of rotatable bonds is 4. The van der Waals surface area contributed by atoms with Crippen molar-refractivity contribution < 1.29 is 4.79 Å². The molecule has 0 aromatic carbocycles. The molecule has 0 bridgehead atoms. The Morgan fingerprint density at radius 1 is 1.43 bits per heavy atom. The van der Waals surface area contributed by atoms with Gasteiger partial charge in [-0.25, -0.2) is 0 Å². The number of hydrogen-bond donors (Lipinski definition) is 0. The zero-order valence-corrected chi connectivity index (χ0v) is 14.7. The second-order valence-corrected chi connectivity index (χ2v) is 7.15. The Morgan fingerprint density at radius 3 is 2.96 bits per heavy atom. The van der Waals surface area contributed by atoms with E-state index in [0.717, 1.165) is 49.7 Å². The van der Waals surface area contributed by atoms with Gasteiger partial charge in [0.25, 0.3) is 5.91 Å². The van der Waals surface area contributed by atoms with E-state index in [2.05, 4.69) is 19.7 Å². The van der Waals surface area contributed by atoms with Crippen molar-refractivity contribution in [3.8, 4) is 0 Å². The molecule has 1 atom stereocenters. The van der Waals surface area contributed by atoms with Gasteiger partial charge in [0.05, 0.1) is 12.1 Å². The minimum absolute atomic E-state index is 0.131. The average Bonchev–Trinajstić information content (AvgIpc) is 3.17. The van der Waals surface area contributed by atoms with Crippen LogP contribution in [-0.2, 0) is 13.6 Å². The summed E-state index contributed by atoms with van der Waals surface area (Å²) in [5, 5.41) is 12.6. The van der Waals surface area contributed by atoms with E-state index in [-0.39, 0.29) is 11.8 Å². The van der Waals surface area contributed by atoms with Crippen LogP contribution in [0.25, 0.3) is 0 Å². The summed E-state index contributed by atoms with van der Waals surface area (Å²) in [4.78, 5) is 16.6. The SMILES string of the molecule is CN(C)Cc1nnc(C2CCCN(C(=O)c3ccsc3)C2)n1C. The van der Waals surface area contributed by atoms with Crippen LogP contribution in [0.3, 0.4) is 0 Å². The lowest BCUT2D eigenvalue weighted by molar-refractivity contribution is 0.0704. The Labute approximate surface area is 140 Å². The lowest BCUT2D eigenvalue weighted by Crippen LogP contribution is -2.39. The Balaban J connectivity index is 1.74. The fraction of sp³-hybridized carbons (Fsp3) is 0.562. The first kappa shape index (κ1) is 16.1. The Hall–Kier alpha value is -1.73. The summed E-state index contributed by atoms with van der Waals surface area (Å²) in [7, 11) is 6.07. The lowest BCUT2D eigenvalue weighted by atomic mass is 9.96. The monoisotopic (exact) mass is 333 g/mol. The maximum Gasteiger partial charge on any atom is 0.254 e. The zero-order chi connectivity index (χ0) is 16.4. The highest BCUT2D eigenvalue weighted by atomic mass is 32.1. The van der Waals surface area contributed by atoms with Crippen LogP contribution >= 0.6 is 11.3 Å². The summed E-state index contributed by atoms with van der Waals surface area (Å²) in [6, 6.07) is 1.90. The summed E-state index contributed by atoms with van der Waals surface area (Å²) in [5.74, 6) is 2.35. The van der Waals surface area contributed by atoms with Crippen LogP contribution in [0, 0.1) is 0 Å². The van der Waals surface area contributed by atoms with Crippen molar-refractivity contribution in [3.63, 3.8) is 0 Å². The van der Waals surface area contributed by atoms with Crippen molar-refractivity contribution >= 4 is 17.2 Å². The van der Waals surface area contributed by atoms with E-state index in [0.29, 0.717) is 0 Å². The van der Waals surface area contributed by atoms with Crippen LogP contribution in [0.4, 0.5) is 0 Å². The standard InChI is InChI=1S/C16H23N5OS/c1-19(2)10-14-17-18-15(20(14)3)12-5-4-7-21(9-12)16(22)13-6-8-23-11-13/h6,8,11-12H,4-5,7,9-10H2,1-3H3. The second-order valence-electron chi connectivity index (χ2n) is 6.37. The third-order valence-electron chi connectivity index (χ3n) is 4.30. The fourth-order valence-electron chi connectivity index (χ4n) is 3.09. The predicted molar refractivity (Wildman–Crippen MR) is 90.6 cm³/mol. The molecule has 2 aromatic rings. The van der Waals surface area contributed by atoms with E-state index < -0.39 is 0 Å². The lowest BCUT2D eigenvalue weighted by Gasteiger charge is -2.32. The molecule has 6 nitrogen and oxygen atoms in total. The molecule has 7 heteroatoms. The number of nitrogens with zero attached hydrogens (tertiary/aromatic N) is 5. The molecule has 2 aromatic heterocycles. The van der Waals surface area contributed by atoms with Gasteiger partial charge in [0.15, 0.2) is 0 Å². The molecule has 124 valence electrons. The number of piperidine rings is 1. The van der Waals surface area contributed by atoms with Crippen molar-refractivity contribution in [1.29, 1.82) is 0 Å². The quantitative estimate of drug-likeness (QED) is 0.858. The van der Waals surface area contributed by atoms with E-state index in [1.54, 1.807) is 11.3 Å². The number of hydrogen-bond acceptors (Lipinski definition) is 5. The van der Waals surface area contributed by atoms with Gasteiger partial charge in [-0.15, -0.1) is 10.2 Å². The first-order valence-corrected chi connectivity index (χ1v) is 8.85. The van der Waals surface area contributed by atoms with Gasteiger partial charge >= 0.3 is 0 Å². The molecule has 1 fully saturated rings. The molecule has 0 N–H and O–H groups in total. The average molecular weight is 333 g/mol. The molecule has 1 amide bonds. The van der Waals surface area contributed by atoms with Crippen LogP contribution in [0.5, 0.6) is 0 Å². The smallest absolute Gasteiger partial charge is 0.254 e. The predicted octanol–water partition coefficient (Wildman–Crippen LogP) is 1.96. The summed E-state index contributed by atoms with van der Waals surface area (Å²) in [5.41, 5.74) is 0.793. The Kier molecular flexibility index (Phi) is 4.77. The van der Waals surface area contributed by atoms with Crippen molar-refractivity contribution in [2.45, 2.75) is 25.3 Å². The normalized spacial score (nSPS) is 18.6. The first-order chi connectivity index (χ1) is 11.1.